The number of carboxylic acids is 1. The van der Waals surface area contributed by atoms with E-state index in [9.17, 15) is 13.2 Å². The summed E-state index contributed by atoms with van der Waals surface area (Å²) in [7, 11) is -3.31. The minimum absolute atomic E-state index is 0.154. The second kappa shape index (κ2) is 5.49. The number of nitrogens with zero attached hydrogens (tertiary/aromatic N) is 2. The van der Waals surface area contributed by atoms with Crippen LogP contribution in [0.15, 0.2) is 12.1 Å². The van der Waals surface area contributed by atoms with Gasteiger partial charge in [-0.3, -0.25) is 0 Å². The van der Waals surface area contributed by atoms with E-state index < -0.39 is 21.5 Å². The topological polar surface area (TPSA) is 121 Å². The van der Waals surface area contributed by atoms with Crippen molar-refractivity contribution < 1.29 is 18.3 Å². The van der Waals surface area contributed by atoms with E-state index in [2.05, 4.69) is 20.2 Å². The number of aromatic nitrogens is 2. The molecule has 0 saturated heterocycles. The van der Waals surface area contributed by atoms with E-state index in [1.54, 1.807) is 13.8 Å². The Morgan fingerprint density at radius 1 is 1.37 bits per heavy atom. The number of nitrogens with one attached hydrogen (secondary N) is 2. The van der Waals surface area contributed by atoms with Crippen molar-refractivity contribution >= 4 is 21.8 Å². The minimum atomic E-state index is -3.31. The predicted molar refractivity (Wildman–Crippen MR) is 69.5 cm³/mol. The highest BCUT2D eigenvalue weighted by atomic mass is 32.2. The van der Waals surface area contributed by atoms with Crippen molar-refractivity contribution in [3.05, 3.63) is 17.8 Å². The molecule has 0 aliphatic rings. The maximum Gasteiger partial charge on any atom is 0.356 e. The highest BCUT2D eigenvalue weighted by molar-refractivity contribution is 7.88. The Morgan fingerprint density at radius 3 is 2.42 bits per heavy atom. The van der Waals surface area contributed by atoms with Gasteiger partial charge in [0.1, 0.15) is 5.82 Å². The van der Waals surface area contributed by atoms with Gasteiger partial charge >= 0.3 is 5.97 Å². The average Bonchev–Trinajstić information content (AvgIpc) is 2.24. The smallest absolute Gasteiger partial charge is 0.356 e. The summed E-state index contributed by atoms with van der Waals surface area (Å²) >= 11 is 0. The summed E-state index contributed by atoms with van der Waals surface area (Å²) in [6.45, 7) is 3.70. The van der Waals surface area contributed by atoms with Crippen LogP contribution in [0.25, 0.3) is 0 Å². The highest BCUT2D eigenvalue weighted by Crippen LogP contribution is 2.07. The maximum atomic E-state index is 11.1. The number of sulfonamides is 1. The number of hydrogen-bond donors (Lipinski definition) is 3. The van der Waals surface area contributed by atoms with E-state index in [1.807, 2.05) is 0 Å². The third-order valence-corrected chi connectivity index (χ3v) is 2.98. The molecular weight excluding hydrogens is 272 g/mol. The summed E-state index contributed by atoms with van der Waals surface area (Å²) in [6, 6.07) is 2.78. The molecule has 9 heteroatoms. The van der Waals surface area contributed by atoms with Crippen molar-refractivity contribution in [1.82, 2.24) is 14.9 Å². The quantitative estimate of drug-likeness (QED) is 0.669. The largest absolute Gasteiger partial charge is 0.476 e. The van der Waals surface area contributed by atoms with Gasteiger partial charge in [0.05, 0.1) is 6.26 Å². The maximum absolute atomic E-state index is 11.1. The monoisotopic (exact) mass is 288 g/mol. The summed E-state index contributed by atoms with van der Waals surface area (Å²) < 4.78 is 24.8. The van der Waals surface area contributed by atoms with E-state index in [0.29, 0.717) is 5.82 Å². The molecule has 0 spiro atoms. The normalized spacial score (nSPS) is 12.2. The molecule has 3 N–H and O–H groups in total. The van der Waals surface area contributed by atoms with Crippen molar-refractivity contribution in [3.63, 3.8) is 0 Å². The van der Waals surface area contributed by atoms with Crippen LogP contribution in [0.3, 0.4) is 0 Å². The van der Waals surface area contributed by atoms with Crippen LogP contribution >= 0.6 is 0 Å². The van der Waals surface area contributed by atoms with Crippen LogP contribution in [0.1, 0.15) is 24.3 Å². The molecule has 1 aromatic rings. The molecule has 106 valence electrons. The van der Waals surface area contributed by atoms with Crippen LogP contribution in [0.2, 0.25) is 0 Å². The van der Waals surface area contributed by atoms with Crippen molar-refractivity contribution in [2.75, 3.05) is 18.1 Å². The van der Waals surface area contributed by atoms with Gasteiger partial charge in [0.2, 0.25) is 10.0 Å². The highest BCUT2D eigenvalue weighted by Gasteiger charge is 2.22. The zero-order valence-electron chi connectivity index (χ0n) is 10.8. The van der Waals surface area contributed by atoms with E-state index in [4.69, 9.17) is 5.11 Å². The Bertz CT molecular complexity index is 553. The lowest BCUT2D eigenvalue weighted by molar-refractivity contribution is 0.0689. The molecule has 1 heterocycles. The molecule has 0 atom stereocenters. The summed E-state index contributed by atoms with van der Waals surface area (Å²) in [5, 5.41) is 18.7. The molecular formula is C10H16N4O4S. The Morgan fingerprint density at radius 2 is 2.00 bits per heavy atom. The molecule has 0 aliphatic carbocycles. The molecule has 0 unspecified atom stereocenters. The van der Waals surface area contributed by atoms with Crippen LogP contribution in [0.5, 0.6) is 0 Å². The van der Waals surface area contributed by atoms with E-state index >= 15 is 0 Å². The second-order valence-corrected chi connectivity index (χ2v) is 6.47. The second-order valence-electron chi connectivity index (χ2n) is 4.72. The molecule has 8 nitrogen and oxygen atoms in total. The summed E-state index contributed by atoms with van der Waals surface area (Å²) in [6.07, 6.45) is 1.08. The SMILES string of the molecule is CC(C)(CNc1ccc(C(=O)O)nn1)NS(C)(=O)=O. The number of carbonyl (C=O) groups is 1. The van der Waals surface area contributed by atoms with Crippen LogP contribution in [-0.4, -0.2) is 48.0 Å². The molecule has 0 bridgehead atoms. The third-order valence-electron chi connectivity index (χ3n) is 2.06. The van der Waals surface area contributed by atoms with Gasteiger partial charge < -0.3 is 10.4 Å². The number of rotatable bonds is 6. The van der Waals surface area contributed by atoms with E-state index in [0.717, 1.165) is 6.26 Å². The average molecular weight is 288 g/mol. The molecule has 1 rings (SSSR count). The van der Waals surface area contributed by atoms with Crippen LogP contribution in [-0.2, 0) is 10.0 Å². The van der Waals surface area contributed by atoms with Gasteiger partial charge in [-0.15, -0.1) is 10.2 Å². The molecule has 1 aromatic heterocycles. The zero-order valence-corrected chi connectivity index (χ0v) is 11.7. The van der Waals surface area contributed by atoms with Gasteiger partial charge in [-0.1, -0.05) is 0 Å². The van der Waals surface area contributed by atoms with Crippen LogP contribution < -0.4 is 10.0 Å². The van der Waals surface area contributed by atoms with Gasteiger partial charge in [0.15, 0.2) is 5.69 Å². The molecule has 0 amide bonds. The fourth-order valence-electron chi connectivity index (χ4n) is 1.39. The number of anilines is 1. The first-order valence-electron chi connectivity index (χ1n) is 5.39. The summed E-state index contributed by atoms with van der Waals surface area (Å²) in [4.78, 5) is 10.6. The van der Waals surface area contributed by atoms with Gasteiger partial charge in [0, 0.05) is 12.1 Å². The molecule has 0 saturated carbocycles. The predicted octanol–water partition coefficient (Wildman–Crippen LogP) is -0.0855. The lowest BCUT2D eigenvalue weighted by atomic mass is 10.1. The molecule has 19 heavy (non-hydrogen) atoms. The van der Waals surface area contributed by atoms with E-state index in [-0.39, 0.29) is 12.2 Å². The Kier molecular flexibility index (Phi) is 4.43. The van der Waals surface area contributed by atoms with Crippen molar-refractivity contribution in [3.8, 4) is 0 Å². The van der Waals surface area contributed by atoms with Gasteiger partial charge in [-0.25, -0.2) is 17.9 Å². The summed E-state index contributed by atoms with van der Waals surface area (Å²) in [5.74, 6) is -0.786. The number of hydrogen-bond acceptors (Lipinski definition) is 6. The molecule has 0 aliphatic heterocycles. The van der Waals surface area contributed by atoms with Crippen molar-refractivity contribution in [2.24, 2.45) is 0 Å². The minimum Gasteiger partial charge on any atom is -0.476 e. The lowest BCUT2D eigenvalue weighted by Gasteiger charge is -2.25. The van der Waals surface area contributed by atoms with Crippen LogP contribution in [0, 0.1) is 0 Å². The Balaban J connectivity index is 2.64. The van der Waals surface area contributed by atoms with Crippen LogP contribution in [0.4, 0.5) is 5.82 Å². The summed E-state index contributed by atoms with van der Waals surface area (Å²) in [5.41, 5.74) is -0.861. The zero-order chi connectivity index (χ0) is 14.7. The number of carboxylic acid groups (broad SMARTS) is 1. The fourth-order valence-corrected chi connectivity index (χ4v) is 2.47. The first kappa shape index (κ1) is 15.3. The van der Waals surface area contributed by atoms with Crippen molar-refractivity contribution in [1.29, 1.82) is 0 Å². The fraction of sp³-hybridized carbons (Fsp3) is 0.500. The van der Waals surface area contributed by atoms with Gasteiger partial charge in [0.25, 0.3) is 0 Å². The van der Waals surface area contributed by atoms with Gasteiger partial charge in [-0.05, 0) is 26.0 Å². The third kappa shape index (κ3) is 5.62. The van der Waals surface area contributed by atoms with Gasteiger partial charge in [-0.2, -0.15) is 0 Å². The first-order chi connectivity index (χ1) is 8.59. The molecule has 0 fully saturated rings. The van der Waals surface area contributed by atoms with E-state index in [1.165, 1.54) is 12.1 Å². The lowest BCUT2D eigenvalue weighted by Crippen LogP contribution is -2.47. The van der Waals surface area contributed by atoms with Crippen molar-refractivity contribution in [2.45, 2.75) is 19.4 Å². The molecule has 0 aromatic carbocycles. The standard InChI is InChI=1S/C10H16N4O4S/c1-10(2,14-19(3,17)18)6-11-8-5-4-7(9(15)16)12-13-8/h4-5,14H,6H2,1-3H3,(H,11,13)(H,15,16). The Hall–Kier alpha value is -1.74. The molecule has 0 radical (unpaired) electrons. The first-order valence-corrected chi connectivity index (χ1v) is 7.28. The Labute approximate surface area is 111 Å². The number of aromatic carboxylic acids is 1.